The van der Waals surface area contributed by atoms with Crippen molar-refractivity contribution in [2.75, 3.05) is 0 Å². The van der Waals surface area contributed by atoms with Crippen LogP contribution in [0, 0.1) is 0 Å². The molecule has 0 amide bonds. The third-order valence-electron chi connectivity index (χ3n) is 2.14. The second kappa shape index (κ2) is 5.23. The normalized spacial score (nSPS) is 14.6. The average molecular weight is 246 g/mol. The van der Waals surface area contributed by atoms with E-state index in [1.165, 1.54) is 18.2 Å². The summed E-state index contributed by atoms with van der Waals surface area (Å²) in [6, 6.07) is 5.58. The lowest BCUT2D eigenvalue weighted by atomic mass is 10.1. The highest BCUT2D eigenvalue weighted by Crippen LogP contribution is 2.24. The van der Waals surface area contributed by atoms with Crippen LogP contribution in [-0.2, 0) is 0 Å². The molecule has 0 saturated heterocycles. The molecule has 0 fully saturated rings. The zero-order valence-corrected chi connectivity index (χ0v) is 9.45. The molecule has 1 N–H and O–H groups in total. The summed E-state index contributed by atoms with van der Waals surface area (Å²) < 4.78 is 39.8. The largest absolute Gasteiger partial charge is 0.573 e. The van der Waals surface area contributed by atoms with E-state index in [9.17, 15) is 18.3 Å². The van der Waals surface area contributed by atoms with E-state index in [2.05, 4.69) is 4.74 Å². The van der Waals surface area contributed by atoms with Crippen molar-refractivity contribution in [2.24, 2.45) is 0 Å². The Morgan fingerprint density at radius 3 is 2.59 bits per heavy atom. The van der Waals surface area contributed by atoms with Crippen LogP contribution < -0.4 is 4.74 Å². The fourth-order valence-corrected chi connectivity index (χ4v) is 1.18. The van der Waals surface area contributed by atoms with Crippen LogP contribution in [0.5, 0.6) is 5.75 Å². The number of hydrogen-bond donors (Lipinski definition) is 1. The minimum atomic E-state index is -4.69. The van der Waals surface area contributed by atoms with Gasteiger partial charge in [0, 0.05) is 0 Å². The fraction of sp³-hybridized carbons (Fsp3) is 0.333. The van der Waals surface area contributed by atoms with Gasteiger partial charge in [0.05, 0.1) is 6.10 Å². The lowest BCUT2D eigenvalue weighted by Gasteiger charge is -2.09. The summed E-state index contributed by atoms with van der Waals surface area (Å²) in [6.07, 6.45) is -3.72. The molecule has 5 heteroatoms. The maximum atomic E-state index is 12.0. The van der Waals surface area contributed by atoms with E-state index < -0.39 is 12.5 Å². The Morgan fingerprint density at radius 2 is 2.06 bits per heavy atom. The summed E-state index contributed by atoms with van der Waals surface area (Å²) in [7, 11) is 0. The zero-order chi connectivity index (χ0) is 13.1. The Bertz CT molecular complexity index is 408. The number of aliphatic hydroxyl groups excluding tert-OH is 1. The van der Waals surface area contributed by atoms with Crippen LogP contribution >= 0.6 is 0 Å². The molecule has 2 nitrogen and oxygen atoms in total. The summed E-state index contributed by atoms with van der Waals surface area (Å²) in [4.78, 5) is 0. The number of rotatable bonds is 3. The molecular formula is C12H13F3O2. The Balaban J connectivity index is 2.90. The van der Waals surface area contributed by atoms with Crippen LogP contribution in [0.25, 0.3) is 6.08 Å². The molecule has 0 spiro atoms. The quantitative estimate of drug-likeness (QED) is 0.886. The Morgan fingerprint density at radius 1 is 1.41 bits per heavy atom. The highest BCUT2D eigenvalue weighted by atomic mass is 19.4. The van der Waals surface area contributed by atoms with Crippen molar-refractivity contribution in [2.45, 2.75) is 26.3 Å². The van der Waals surface area contributed by atoms with Crippen LogP contribution in [0.15, 0.2) is 29.8 Å². The molecule has 0 radical (unpaired) electrons. The Labute approximate surface area is 97.3 Å². The van der Waals surface area contributed by atoms with Gasteiger partial charge in [-0.1, -0.05) is 18.2 Å². The SMILES string of the molecule is C/C(=C\c1cccc(OC(F)(F)F)c1)C(C)O. The number of hydrogen-bond acceptors (Lipinski definition) is 2. The van der Waals surface area contributed by atoms with Crippen molar-refractivity contribution >= 4 is 6.08 Å². The Kier molecular flexibility index (Phi) is 4.17. The molecule has 0 aliphatic rings. The first-order valence-corrected chi connectivity index (χ1v) is 5.00. The summed E-state index contributed by atoms with van der Waals surface area (Å²) in [5, 5.41) is 9.26. The van der Waals surface area contributed by atoms with Crippen molar-refractivity contribution in [1.29, 1.82) is 0 Å². The second-order valence-electron chi connectivity index (χ2n) is 3.68. The number of benzene rings is 1. The van der Waals surface area contributed by atoms with E-state index in [-0.39, 0.29) is 5.75 Å². The van der Waals surface area contributed by atoms with Gasteiger partial charge in [-0.2, -0.15) is 0 Å². The molecule has 1 atom stereocenters. The van der Waals surface area contributed by atoms with E-state index in [4.69, 9.17) is 0 Å². The molecule has 1 unspecified atom stereocenters. The monoisotopic (exact) mass is 246 g/mol. The van der Waals surface area contributed by atoms with E-state index in [1.807, 2.05) is 0 Å². The van der Waals surface area contributed by atoms with Crippen molar-refractivity contribution in [3.63, 3.8) is 0 Å². The van der Waals surface area contributed by atoms with Gasteiger partial charge < -0.3 is 9.84 Å². The molecule has 0 bridgehead atoms. The first-order valence-electron chi connectivity index (χ1n) is 5.00. The van der Waals surface area contributed by atoms with E-state index in [0.717, 1.165) is 0 Å². The van der Waals surface area contributed by atoms with Crippen LogP contribution in [0.4, 0.5) is 13.2 Å². The predicted molar refractivity (Wildman–Crippen MR) is 58.5 cm³/mol. The van der Waals surface area contributed by atoms with Gasteiger partial charge in [-0.15, -0.1) is 13.2 Å². The summed E-state index contributed by atoms with van der Waals surface area (Å²) in [5.41, 5.74) is 1.21. The summed E-state index contributed by atoms with van der Waals surface area (Å²) in [6.45, 7) is 3.28. The van der Waals surface area contributed by atoms with Crippen molar-refractivity contribution in [1.82, 2.24) is 0 Å². The minimum Gasteiger partial charge on any atom is -0.406 e. The van der Waals surface area contributed by atoms with Gasteiger partial charge in [0.1, 0.15) is 5.75 Å². The fourth-order valence-electron chi connectivity index (χ4n) is 1.18. The lowest BCUT2D eigenvalue weighted by molar-refractivity contribution is -0.274. The molecule has 0 heterocycles. The summed E-state index contributed by atoms with van der Waals surface area (Å²) >= 11 is 0. The van der Waals surface area contributed by atoms with Crippen LogP contribution in [0.1, 0.15) is 19.4 Å². The van der Waals surface area contributed by atoms with Gasteiger partial charge in [-0.25, -0.2) is 0 Å². The molecule has 94 valence electrons. The van der Waals surface area contributed by atoms with Gasteiger partial charge in [0.2, 0.25) is 0 Å². The van der Waals surface area contributed by atoms with Gasteiger partial charge in [-0.3, -0.25) is 0 Å². The highest BCUT2D eigenvalue weighted by Gasteiger charge is 2.30. The maximum Gasteiger partial charge on any atom is 0.573 e. The highest BCUT2D eigenvalue weighted by molar-refractivity contribution is 5.55. The smallest absolute Gasteiger partial charge is 0.406 e. The van der Waals surface area contributed by atoms with Crippen LogP contribution in [0.2, 0.25) is 0 Å². The summed E-state index contributed by atoms with van der Waals surface area (Å²) in [5.74, 6) is -0.273. The Hall–Kier alpha value is -1.49. The first-order chi connectivity index (χ1) is 7.78. The van der Waals surface area contributed by atoms with Gasteiger partial charge in [0.15, 0.2) is 0 Å². The van der Waals surface area contributed by atoms with E-state index in [0.29, 0.717) is 11.1 Å². The molecule has 1 aromatic carbocycles. The number of aliphatic hydroxyl groups is 1. The first kappa shape index (κ1) is 13.6. The van der Waals surface area contributed by atoms with Crippen molar-refractivity contribution in [3.05, 3.63) is 35.4 Å². The minimum absolute atomic E-state index is 0.273. The molecular weight excluding hydrogens is 233 g/mol. The van der Waals surface area contributed by atoms with Crippen molar-refractivity contribution in [3.8, 4) is 5.75 Å². The second-order valence-corrected chi connectivity index (χ2v) is 3.68. The molecule has 0 aliphatic carbocycles. The van der Waals surface area contributed by atoms with Gasteiger partial charge in [-0.05, 0) is 37.1 Å². The topological polar surface area (TPSA) is 29.5 Å². The standard InChI is InChI=1S/C12H13F3O2/c1-8(9(2)16)6-10-4-3-5-11(7-10)17-12(13,14)15/h3-7,9,16H,1-2H3/b8-6+. The molecule has 1 aromatic rings. The number of halogens is 3. The average Bonchev–Trinajstić information content (AvgIpc) is 2.15. The molecule has 0 aromatic heterocycles. The molecule has 0 saturated carbocycles. The number of ether oxygens (including phenoxy) is 1. The lowest BCUT2D eigenvalue weighted by Crippen LogP contribution is -2.17. The molecule has 17 heavy (non-hydrogen) atoms. The van der Waals surface area contributed by atoms with Gasteiger partial charge >= 0.3 is 6.36 Å². The van der Waals surface area contributed by atoms with E-state index >= 15 is 0 Å². The number of alkyl halides is 3. The maximum absolute atomic E-state index is 12.0. The third-order valence-corrected chi connectivity index (χ3v) is 2.14. The third kappa shape index (κ3) is 4.91. The van der Waals surface area contributed by atoms with Crippen LogP contribution in [-0.4, -0.2) is 17.6 Å². The molecule has 0 aliphatic heterocycles. The molecule has 1 rings (SSSR count). The van der Waals surface area contributed by atoms with Gasteiger partial charge in [0.25, 0.3) is 0 Å². The van der Waals surface area contributed by atoms with E-state index in [1.54, 1.807) is 26.0 Å². The predicted octanol–water partition coefficient (Wildman–Crippen LogP) is 3.37. The zero-order valence-electron chi connectivity index (χ0n) is 9.45. The van der Waals surface area contributed by atoms with Crippen LogP contribution in [0.3, 0.4) is 0 Å². The van der Waals surface area contributed by atoms with Crippen molar-refractivity contribution < 1.29 is 23.0 Å².